The van der Waals surface area contributed by atoms with Crippen LogP contribution in [0.1, 0.15) is 32.3 Å². The Bertz CT molecular complexity index is 450. The number of benzene rings is 1. The molecule has 1 aliphatic carbocycles. The monoisotopic (exact) mass is 272 g/mol. The smallest absolute Gasteiger partial charge is 0.398 e. The molecule has 2 nitrogen and oxygen atoms in total. The van der Waals surface area contributed by atoms with Gasteiger partial charge in [0.1, 0.15) is 0 Å². The molecule has 1 aromatic carbocycles. The molecule has 0 radical (unpaired) electrons. The molecule has 1 aliphatic rings. The van der Waals surface area contributed by atoms with Crippen LogP contribution in [0.25, 0.3) is 0 Å². The van der Waals surface area contributed by atoms with Gasteiger partial charge in [0.05, 0.1) is 5.56 Å². The maximum atomic E-state index is 12.9. The zero-order valence-electron chi connectivity index (χ0n) is 11.2. The van der Waals surface area contributed by atoms with Crippen molar-refractivity contribution in [1.82, 2.24) is 0 Å². The van der Waals surface area contributed by atoms with Gasteiger partial charge >= 0.3 is 6.18 Å². The van der Waals surface area contributed by atoms with E-state index in [0.29, 0.717) is 17.6 Å². The molecule has 0 bridgehead atoms. The summed E-state index contributed by atoms with van der Waals surface area (Å²) in [5, 5.41) is 0. The van der Waals surface area contributed by atoms with E-state index in [4.69, 9.17) is 5.73 Å². The third kappa shape index (κ3) is 3.33. The summed E-state index contributed by atoms with van der Waals surface area (Å²) in [7, 11) is 0. The van der Waals surface area contributed by atoms with Crippen molar-refractivity contribution < 1.29 is 13.2 Å². The van der Waals surface area contributed by atoms with Crippen LogP contribution in [-0.4, -0.2) is 12.6 Å². The Morgan fingerprint density at radius 3 is 2.42 bits per heavy atom. The van der Waals surface area contributed by atoms with Crippen LogP contribution in [0.15, 0.2) is 18.2 Å². The molecule has 0 amide bonds. The van der Waals surface area contributed by atoms with Crippen LogP contribution in [0.2, 0.25) is 0 Å². The second-order valence-electron chi connectivity index (χ2n) is 5.55. The largest absolute Gasteiger partial charge is 0.418 e. The molecule has 1 fully saturated rings. The average Bonchev–Trinajstić information content (AvgIpc) is 3.08. The van der Waals surface area contributed by atoms with Crippen LogP contribution in [0.4, 0.5) is 24.5 Å². The summed E-state index contributed by atoms with van der Waals surface area (Å²) < 4.78 is 38.6. The van der Waals surface area contributed by atoms with Crippen LogP contribution in [-0.2, 0) is 6.18 Å². The highest BCUT2D eigenvalue weighted by molar-refractivity contribution is 5.60. The molecule has 19 heavy (non-hydrogen) atoms. The van der Waals surface area contributed by atoms with E-state index >= 15 is 0 Å². The summed E-state index contributed by atoms with van der Waals surface area (Å²) >= 11 is 0. The molecule has 1 aromatic rings. The first kappa shape index (κ1) is 14.0. The second kappa shape index (κ2) is 4.94. The van der Waals surface area contributed by atoms with Gasteiger partial charge in [-0.05, 0) is 37.0 Å². The van der Waals surface area contributed by atoms with Crippen molar-refractivity contribution in [2.75, 3.05) is 17.2 Å². The van der Waals surface area contributed by atoms with Crippen LogP contribution in [0.5, 0.6) is 0 Å². The van der Waals surface area contributed by atoms with E-state index in [1.54, 1.807) is 6.07 Å². The highest BCUT2D eigenvalue weighted by atomic mass is 19.4. The number of halogens is 3. The van der Waals surface area contributed by atoms with Gasteiger partial charge in [0.2, 0.25) is 0 Å². The molecule has 2 rings (SSSR count). The zero-order valence-corrected chi connectivity index (χ0v) is 11.2. The topological polar surface area (TPSA) is 29.3 Å². The van der Waals surface area contributed by atoms with E-state index in [0.717, 1.165) is 19.4 Å². The van der Waals surface area contributed by atoms with Gasteiger partial charge in [-0.2, -0.15) is 13.2 Å². The van der Waals surface area contributed by atoms with Crippen LogP contribution in [0.3, 0.4) is 0 Å². The minimum Gasteiger partial charge on any atom is -0.398 e. The number of hydrogen-bond donors (Lipinski definition) is 1. The first-order valence-corrected chi connectivity index (χ1v) is 6.52. The van der Waals surface area contributed by atoms with Gasteiger partial charge < -0.3 is 10.6 Å². The van der Waals surface area contributed by atoms with E-state index in [-0.39, 0.29) is 5.69 Å². The van der Waals surface area contributed by atoms with Crippen molar-refractivity contribution in [3.05, 3.63) is 23.8 Å². The number of hydrogen-bond acceptors (Lipinski definition) is 2. The van der Waals surface area contributed by atoms with Crippen molar-refractivity contribution >= 4 is 11.4 Å². The first-order valence-electron chi connectivity index (χ1n) is 6.52. The van der Waals surface area contributed by atoms with Gasteiger partial charge in [0.15, 0.2) is 0 Å². The maximum Gasteiger partial charge on any atom is 0.418 e. The summed E-state index contributed by atoms with van der Waals surface area (Å²) in [6.45, 7) is 4.90. The van der Waals surface area contributed by atoms with E-state index < -0.39 is 11.7 Å². The lowest BCUT2D eigenvalue weighted by Gasteiger charge is -2.27. The SMILES string of the molecule is CC(C)CN(c1ccc(N)c(C(F)(F)F)c1)C1CC1. The van der Waals surface area contributed by atoms with Gasteiger partial charge in [0, 0.05) is 24.0 Å². The Morgan fingerprint density at radius 1 is 1.32 bits per heavy atom. The molecule has 0 saturated heterocycles. The zero-order chi connectivity index (χ0) is 14.2. The van der Waals surface area contributed by atoms with Crippen molar-refractivity contribution in [2.45, 2.75) is 38.9 Å². The minimum atomic E-state index is -4.40. The normalized spacial score (nSPS) is 15.9. The van der Waals surface area contributed by atoms with E-state index in [9.17, 15) is 13.2 Å². The van der Waals surface area contributed by atoms with Gasteiger partial charge in [-0.1, -0.05) is 13.8 Å². The fourth-order valence-corrected chi connectivity index (χ4v) is 2.21. The van der Waals surface area contributed by atoms with Gasteiger partial charge in [-0.25, -0.2) is 0 Å². The fourth-order valence-electron chi connectivity index (χ4n) is 2.21. The number of rotatable bonds is 4. The lowest BCUT2D eigenvalue weighted by Crippen LogP contribution is -2.30. The summed E-state index contributed by atoms with van der Waals surface area (Å²) in [6, 6.07) is 4.60. The third-order valence-electron chi connectivity index (χ3n) is 3.22. The highest BCUT2D eigenvalue weighted by Crippen LogP contribution is 2.38. The van der Waals surface area contributed by atoms with Crippen molar-refractivity contribution in [2.24, 2.45) is 5.92 Å². The Morgan fingerprint density at radius 2 is 1.95 bits per heavy atom. The third-order valence-corrected chi connectivity index (χ3v) is 3.22. The molecule has 0 heterocycles. The molecule has 0 atom stereocenters. The quantitative estimate of drug-likeness (QED) is 0.842. The molecule has 0 aliphatic heterocycles. The van der Waals surface area contributed by atoms with Gasteiger partial charge in [-0.3, -0.25) is 0 Å². The molecule has 1 saturated carbocycles. The number of alkyl halides is 3. The van der Waals surface area contributed by atoms with Crippen LogP contribution in [0, 0.1) is 5.92 Å². The van der Waals surface area contributed by atoms with Crippen molar-refractivity contribution in [3.8, 4) is 0 Å². The molecule has 5 heteroatoms. The lowest BCUT2D eigenvalue weighted by molar-refractivity contribution is -0.136. The van der Waals surface area contributed by atoms with Gasteiger partial charge in [-0.15, -0.1) is 0 Å². The molecule has 2 N–H and O–H groups in total. The predicted octanol–water partition coefficient (Wildman–Crippen LogP) is 3.91. The lowest BCUT2D eigenvalue weighted by atomic mass is 10.1. The number of nitrogens with zero attached hydrogens (tertiary/aromatic N) is 1. The average molecular weight is 272 g/mol. The van der Waals surface area contributed by atoms with E-state index in [2.05, 4.69) is 18.7 Å². The highest BCUT2D eigenvalue weighted by Gasteiger charge is 2.35. The van der Waals surface area contributed by atoms with Crippen molar-refractivity contribution in [3.63, 3.8) is 0 Å². The summed E-state index contributed by atoms with van der Waals surface area (Å²) in [4.78, 5) is 2.07. The molecular weight excluding hydrogens is 253 g/mol. The van der Waals surface area contributed by atoms with Crippen LogP contribution >= 0.6 is 0 Å². The number of nitrogen functional groups attached to an aromatic ring is 1. The molecule has 106 valence electrons. The fraction of sp³-hybridized carbons (Fsp3) is 0.571. The number of anilines is 2. The Kier molecular flexibility index (Phi) is 3.65. The second-order valence-corrected chi connectivity index (χ2v) is 5.55. The molecule has 0 aromatic heterocycles. The van der Waals surface area contributed by atoms with E-state index in [1.807, 2.05) is 0 Å². The van der Waals surface area contributed by atoms with Gasteiger partial charge in [0.25, 0.3) is 0 Å². The number of nitrogens with two attached hydrogens (primary N) is 1. The maximum absolute atomic E-state index is 12.9. The first-order chi connectivity index (χ1) is 8.79. The van der Waals surface area contributed by atoms with Crippen molar-refractivity contribution in [1.29, 1.82) is 0 Å². The molecule has 0 unspecified atom stereocenters. The predicted molar refractivity (Wildman–Crippen MR) is 71.1 cm³/mol. The Hall–Kier alpha value is -1.39. The Balaban J connectivity index is 2.32. The summed E-state index contributed by atoms with van der Waals surface area (Å²) in [5.74, 6) is 0.410. The van der Waals surface area contributed by atoms with Crippen LogP contribution < -0.4 is 10.6 Å². The standard InChI is InChI=1S/C14H19F3N2/c1-9(2)8-19(10-3-4-10)11-5-6-13(18)12(7-11)14(15,16)17/h5-7,9-10H,3-4,8,18H2,1-2H3. The minimum absolute atomic E-state index is 0.212. The van der Waals surface area contributed by atoms with E-state index in [1.165, 1.54) is 12.1 Å². The summed E-state index contributed by atoms with van der Waals surface area (Å²) in [5.41, 5.74) is 5.10. The Labute approximate surface area is 111 Å². The summed E-state index contributed by atoms with van der Waals surface area (Å²) in [6.07, 6.45) is -2.29. The molecule has 0 spiro atoms. The molecular formula is C14H19F3N2.